The molecular weight excluding hydrogens is 374 g/mol. The quantitative estimate of drug-likeness (QED) is 0.604. The monoisotopic (exact) mass is 403 g/mol. The van der Waals surface area contributed by atoms with E-state index >= 15 is 0 Å². The molecule has 1 fully saturated rings. The maximum Gasteiger partial charge on any atom is 0.315 e. The van der Waals surface area contributed by atoms with Crippen molar-refractivity contribution in [3.8, 4) is 0 Å². The van der Waals surface area contributed by atoms with Gasteiger partial charge in [-0.25, -0.2) is 4.79 Å². The average Bonchev–Trinajstić information content (AvgIpc) is 3.49. The number of aromatic nitrogens is 2. The molecule has 156 valence electrons. The van der Waals surface area contributed by atoms with Gasteiger partial charge in [-0.3, -0.25) is 9.58 Å². The van der Waals surface area contributed by atoms with Gasteiger partial charge >= 0.3 is 6.03 Å². The molecule has 1 aliphatic rings. The molecule has 2 amide bonds. The van der Waals surface area contributed by atoms with Crippen molar-refractivity contribution in [1.29, 1.82) is 0 Å². The Morgan fingerprint density at radius 3 is 2.40 bits per heavy atom. The van der Waals surface area contributed by atoms with Crippen molar-refractivity contribution in [2.24, 2.45) is 0 Å². The Morgan fingerprint density at radius 1 is 0.933 bits per heavy atom. The maximum absolute atomic E-state index is 12.5. The van der Waals surface area contributed by atoms with E-state index in [0.717, 1.165) is 24.2 Å². The molecule has 3 aromatic rings. The topological polar surface area (TPSA) is 62.2 Å². The summed E-state index contributed by atoms with van der Waals surface area (Å²) in [6.45, 7) is 3.96. The lowest BCUT2D eigenvalue weighted by atomic mass is 10.1. The fourth-order valence-corrected chi connectivity index (χ4v) is 4.07. The molecule has 0 bridgehead atoms. The van der Waals surface area contributed by atoms with Gasteiger partial charge in [0.05, 0.1) is 12.6 Å². The van der Waals surface area contributed by atoms with Crippen molar-refractivity contribution < 1.29 is 4.79 Å². The van der Waals surface area contributed by atoms with Gasteiger partial charge in [0.25, 0.3) is 0 Å². The van der Waals surface area contributed by atoms with Crippen molar-refractivity contribution in [3.63, 3.8) is 0 Å². The summed E-state index contributed by atoms with van der Waals surface area (Å²) in [5.74, 6) is 0. The lowest BCUT2D eigenvalue weighted by Crippen LogP contribution is -2.41. The second kappa shape index (κ2) is 10.1. The Balaban J connectivity index is 1.33. The first kappa shape index (κ1) is 20.2. The first-order chi connectivity index (χ1) is 14.8. The number of hydrogen-bond acceptors (Lipinski definition) is 3. The predicted molar refractivity (Wildman–Crippen MR) is 118 cm³/mol. The van der Waals surface area contributed by atoms with Crippen LogP contribution >= 0.6 is 0 Å². The molecule has 1 saturated heterocycles. The van der Waals surface area contributed by atoms with Gasteiger partial charge < -0.3 is 10.6 Å². The Labute approximate surface area is 177 Å². The number of nitrogens with one attached hydrogen (secondary N) is 2. The fraction of sp³-hybridized carbons (Fsp3) is 0.333. The number of carbonyl (C=O) groups excluding carboxylic acids is 1. The number of rotatable bonds is 8. The van der Waals surface area contributed by atoms with Crippen molar-refractivity contribution in [3.05, 3.63) is 89.7 Å². The smallest absolute Gasteiger partial charge is 0.315 e. The Kier molecular flexibility index (Phi) is 6.77. The molecule has 1 aromatic heterocycles. The van der Waals surface area contributed by atoms with Gasteiger partial charge in [-0.15, -0.1) is 0 Å². The van der Waals surface area contributed by atoms with Crippen molar-refractivity contribution in [2.45, 2.75) is 32.0 Å². The van der Waals surface area contributed by atoms with Gasteiger partial charge in [0.1, 0.15) is 0 Å². The molecule has 30 heavy (non-hydrogen) atoms. The van der Waals surface area contributed by atoms with E-state index in [0.29, 0.717) is 19.6 Å². The number of benzene rings is 2. The highest BCUT2D eigenvalue weighted by Crippen LogP contribution is 2.24. The van der Waals surface area contributed by atoms with Gasteiger partial charge in [0.2, 0.25) is 0 Å². The second-order valence-corrected chi connectivity index (χ2v) is 7.71. The molecule has 0 aliphatic carbocycles. The first-order valence-corrected chi connectivity index (χ1v) is 10.6. The van der Waals surface area contributed by atoms with Gasteiger partial charge in [-0.2, -0.15) is 5.10 Å². The summed E-state index contributed by atoms with van der Waals surface area (Å²) >= 11 is 0. The molecule has 4 rings (SSSR count). The fourth-order valence-electron chi connectivity index (χ4n) is 4.07. The van der Waals surface area contributed by atoms with Crippen LogP contribution in [0.4, 0.5) is 4.79 Å². The van der Waals surface area contributed by atoms with Crippen LogP contribution < -0.4 is 10.6 Å². The van der Waals surface area contributed by atoms with E-state index in [1.54, 1.807) is 6.20 Å². The second-order valence-electron chi connectivity index (χ2n) is 7.71. The third-order valence-electron chi connectivity index (χ3n) is 5.67. The number of hydrogen-bond donors (Lipinski definition) is 2. The molecule has 1 atom stereocenters. The lowest BCUT2D eigenvalue weighted by molar-refractivity contribution is 0.220. The Morgan fingerprint density at radius 2 is 1.67 bits per heavy atom. The summed E-state index contributed by atoms with van der Waals surface area (Å²) in [5.41, 5.74) is 3.51. The Bertz CT molecular complexity index is 920. The molecule has 2 aromatic carbocycles. The standard InChI is InChI=1S/C24H29N5O/c30-24(25-17-21-11-4-5-12-22(21)19-29-16-8-13-27-29)26-18-23(28-14-6-7-15-28)20-9-2-1-3-10-20/h1-5,8-13,16,23H,6-7,14-15,17-19H2,(H2,25,26,30). The molecule has 1 unspecified atom stereocenters. The summed E-state index contributed by atoms with van der Waals surface area (Å²) in [6, 6.07) is 20.6. The van der Waals surface area contributed by atoms with E-state index in [2.05, 4.69) is 57.0 Å². The van der Waals surface area contributed by atoms with E-state index in [4.69, 9.17) is 0 Å². The molecular formula is C24H29N5O. The molecule has 2 heterocycles. The summed E-state index contributed by atoms with van der Waals surface area (Å²) in [7, 11) is 0. The molecule has 2 N–H and O–H groups in total. The first-order valence-electron chi connectivity index (χ1n) is 10.6. The normalized spacial score (nSPS) is 15.1. The lowest BCUT2D eigenvalue weighted by Gasteiger charge is -2.28. The summed E-state index contributed by atoms with van der Waals surface area (Å²) < 4.78 is 1.89. The van der Waals surface area contributed by atoms with Crippen LogP contribution in [0.25, 0.3) is 0 Å². The zero-order chi connectivity index (χ0) is 20.6. The minimum Gasteiger partial charge on any atom is -0.336 e. The summed E-state index contributed by atoms with van der Waals surface area (Å²) in [5, 5.41) is 10.4. The van der Waals surface area contributed by atoms with Crippen molar-refractivity contribution >= 4 is 6.03 Å². The van der Waals surface area contributed by atoms with Crippen molar-refractivity contribution in [2.75, 3.05) is 19.6 Å². The maximum atomic E-state index is 12.5. The number of amides is 2. The van der Waals surface area contributed by atoms with Crippen LogP contribution in [0.15, 0.2) is 73.1 Å². The van der Waals surface area contributed by atoms with Crippen molar-refractivity contribution in [1.82, 2.24) is 25.3 Å². The van der Waals surface area contributed by atoms with Gasteiger partial charge in [-0.1, -0.05) is 54.6 Å². The number of urea groups is 1. The highest BCUT2D eigenvalue weighted by atomic mass is 16.2. The molecule has 0 spiro atoms. The number of carbonyl (C=O) groups is 1. The molecule has 0 radical (unpaired) electrons. The zero-order valence-corrected chi connectivity index (χ0v) is 17.2. The van der Waals surface area contributed by atoms with E-state index in [9.17, 15) is 4.79 Å². The highest BCUT2D eigenvalue weighted by Gasteiger charge is 2.23. The van der Waals surface area contributed by atoms with E-state index < -0.39 is 0 Å². The van der Waals surface area contributed by atoms with Crippen LogP contribution in [0, 0.1) is 0 Å². The SMILES string of the molecule is O=C(NCc1ccccc1Cn1cccn1)NCC(c1ccccc1)N1CCCC1. The summed E-state index contributed by atoms with van der Waals surface area (Å²) in [6.07, 6.45) is 6.17. The van der Waals surface area contributed by atoms with Gasteiger partial charge in [-0.05, 0) is 48.7 Å². The Hall–Kier alpha value is -3.12. The highest BCUT2D eigenvalue weighted by molar-refractivity contribution is 5.73. The third kappa shape index (κ3) is 5.27. The van der Waals surface area contributed by atoms with Crippen LogP contribution in [0.1, 0.15) is 35.6 Å². The van der Waals surface area contributed by atoms with E-state index in [1.807, 2.05) is 35.1 Å². The van der Waals surface area contributed by atoms with E-state index in [1.165, 1.54) is 18.4 Å². The van der Waals surface area contributed by atoms with Crippen LogP contribution in [-0.2, 0) is 13.1 Å². The van der Waals surface area contributed by atoms with Crippen LogP contribution in [-0.4, -0.2) is 40.3 Å². The molecule has 6 heteroatoms. The van der Waals surface area contributed by atoms with Gasteiger partial charge in [0.15, 0.2) is 0 Å². The van der Waals surface area contributed by atoms with E-state index in [-0.39, 0.29) is 12.1 Å². The minimum atomic E-state index is -0.135. The van der Waals surface area contributed by atoms with Crippen LogP contribution in [0.3, 0.4) is 0 Å². The average molecular weight is 404 g/mol. The number of likely N-dealkylation sites (tertiary alicyclic amines) is 1. The van der Waals surface area contributed by atoms with Crippen LogP contribution in [0.2, 0.25) is 0 Å². The summed E-state index contributed by atoms with van der Waals surface area (Å²) in [4.78, 5) is 15.0. The molecule has 1 aliphatic heterocycles. The zero-order valence-electron chi connectivity index (χ0n) is 17.2. The molecule has 0 saturated carbocycles. The van der Waals surface area contributed by atoms with Crippen LogP contribution in [0.5, 0.6) is 0 Å². The predicted octanol–water partition coefficient (Wildman–Crippen LogP) is 3.57. The largest absolute Gasteiger partial charge is 0.336 e. The molecule has 6 nitrogen and oxygen atoms in total. The van der Waals surface area contributed by atoms with Gasteiger partial charge in [0, 0.05) is 25.5 Å². The third-order valence-corrected chi connectivity index (χ3v) is 5.67. The minimum absolute atomic E-state index is 0.135. The number of nitrogens with zero attached hydrogens (tertiary/aromatic N) is 3.